The molecule has 0 aliphatic heterocycles. The van der Waals surface area contributed by atoms with Gasteiger partial charge in [-0.3, -0.25) is 9.78 Å². The van der Waals surface area contributed by atoms with Crippen LogP contribution in [0.1, 0.15) is 12.6 Å². The molecule has 0 aromatic carbocycles. The molecule has 0 N–H and O–H groups in total. The first-order valence-electron chi connectivity index (χ1n) is 4.21. The van der Waals surface area contributed by atoms with E-state index >= 15 is 0 Å². The Balaban J connectivity index is 2.85. The van der Waals surface area contributed by atoms with Crippen LogP contribution >= 0.6 is 0 Å². The second-order valence-electron chi connectivity index (χ2n) is 3.28. The predicted octanol–water partition coefficient (Wildman–Crippen LogP) is 1.28. The van der Waals surface area contributed by atoms with Gasteiger partial charge in [-0.05, 0) is 19.1 Å². The van der Waals surface area contributed by atoms with E-state index in [2.05, 4.69) is 4.98 Å². The standard InChI is InChI=1S/C10H14N2O/c1-8(13)6-9-7-10(12(2)3)4-5-11-9/h4-5,7H,6H2,1-3H3. The van der Waals surface area contributed by atoms with Gasteiger partial charge < -0.3 is 4.90 Å². The largest absolute Gasteiger partial charge is 0.378 e. The smallest absolute Gasteiger partial charge is 0.135 e. The van der Waals surface area contributed by atoms with Crippen LogP contribution in [0.3, 0.4) is 0 Å². The van der Waals surface area contributed by atoms with Gasteiger partial charge >= 0.3 is 0 Å². The Morgan fingerprint density at radius 1 is 1.54 bits per heavy atom. The minimum atomic E-state index is 0.142. The summed E-state index contributed by atoms with van der Waals surface area (Å²) in [4.78, 5) is 16.9. The average molecular weight is 178 g/mol. The third kappa shape index (κ3) is 2.86. The molecule has 0 amide bonds. The summed E-state index contributed by atoms with van der Waals surface area (Å²) >= 11 is 0. The van der Waals surface area contributed by atoms with E-state index in [9.17, 15) is 4.79 Å². The van der Waals surface area contributed by atoms with Gasteiger partial charge in [0, 0.05) is 38.1 Å². The zero-order valence-corrected chi connectivity index (χ0v) is 8.24. The highest BCUT2D eigenvalue weighted by Crippen LogP contribution is 2.11. The lowest BCUT2D eigenvalue weighted by Crippen LogP contribution is -2.09. The molecule has 0 fully saturated rings. The number of nitrogens with zero attached hydrogens (tertiary/aromatic N) is 2. The summed E-state index contributed by atoms with van der Waals surface area (Å²) in [5.41, 5.74) is 1.91. The maximum atomic E-state index is 10.8. The summed E-state index contributed by atoms with van der Waals surface area (Å²) in [7, 11) is 3.93. The van der Waals surface area contributed by atoms with Gasteiger partial charge in [-0.1, -0.05) is 0 Å². The van der Waals surface area contributed by atoms with Crippen molar-refractivity contribution in [3.05, 3.63) is 24.0 Å². The van der Waals surface area contributed by atoms with Crippen molar-refractivity contribution in [3.63, 3.8) is 0 Å². The van der Waals surface area contributed by atoms with Crippen LogP contribution < -0.4 is 4.90 Å². The summed E-state index contributed by atoms with van der Waals surface area (Å²) < 4.78 is 0. The number of carbonyl (C=O) groups is 1. The lowest BCUT2D eigenvalue weighted by atomic mass is 10.2. The molecule has 13 heavy (non-hydrogen) atoms. The van der Waals surface area contributed by atoms with E-state index in [0.29, 0.717) is 6.42 Å². The lowest BCUT2D eigenvalue weighted by Gasteiger charge is -2.12. The van der Waals surface area contributed by atoms with Crippen LogP contribution in [0.25, 0.3) is 0 Å². The molecule has 70 valence electrons. The van der Waals surface area contributed by atoms with Gasteiger partial charge in [0.1, 0.15) is 5.78 Å². The first kappa shape index (κ1) is 9.71. The third-order valence-corrected chi connectivity index (χ3v) is 1.75. The van der Waals surface area contributed by atoms with Crippen molar-refractivity contribution in [2.24, 2.45) is 0 Å². The van der Waals surface area contributed by atoms with Crippen molar-refractivity contribution in [2.75, 3.05) is 19.0 Å². The van der Waals surface area contributed by atoms with E-state index in [1.165, 1.54) is 0 Å². The second kappa shape index (κ2) is 4.03. The Kier molecular flexibility index (Phi) is 3.01. The Morgan fingerprint density at radius 3 is 2.77 bits per heavy atom. The van der Waals surface area contributed by atoms with E-state index in [1.807, 2.05) is 31.1 Å². The fourth-order valence-corrected chi connectivity index (χ4v) is 1.10. The molecular weight excluding hydrogens is 164 g/mol. The highest BCUT2D eigenvalue weighted by molar-refractivity contribution is 5.77. The van der Waals surface area contributed by atoms with Gasteiger partial charge in [-0.25, -0.2) is 0 Å². The molecule has 0 saturated heterocycles. The van der Waals surface area contributed by atoms with Crippen LogP contribution in [-0.2, 0) is 11.2 Å². The Hall–Kier alpha value is -1.38. The molecule has 0 radical (unpaired) electrons. The van der Waals surface area contributed by atoms with Crippen molar-refractivity contribution in [1.82, 2.24) is 4.98 Å². The van der Waals surface area contributed by atoms with Crippen molar-refractivity contribution in [3.8, 4) is 0 Å². The van der Waals surface area contributed by atoms with E-state index < -0.39 is 0 Å². The van der Waals surface area contributed by atoms with Gasteiger partial charge in [-0.15, -0.1) is 0 Å². The number of carbonyl (C=O) groups excluding carboxylic acids is 1. The van der Waals surface area contributed by atoms with Crippen molar-refractivity contribution >= 4 is 11.5 Å². The lowest BCUT2D eigenvalue weighted by molar-refractivity contribution is -0.116. The fraction of sp³-hybridized carbons (Fsp3) is 0.400. The zero-order valence-electron chi connectivity index (χ0n) is 8.24. The van der Waals surface area contributed by atoms with Crippen molar-refractivity contribution in [1.29, 1.82) is 0 Å². The van der Waals surface area contributed by atoms with Gasteiger partial charge in [0.15, 0.2) is 0 Å². The summed E-state index contributed by atoms with van der Waals surface area (Å²) in [6, 6.07) is 3.85. The van der Waals surface area contributed by atoms with Crippen LogP contribution in [0, 0.1) is 0 Å². The topological polar surface area (TPSA) is 33.2 Å². The van der Waals surface area contributed by atoms with Gasteiger partial charge in [0.25, 0.3) is 0 Å². The molecule has 0 unspecified atom stereocenters. The summed E-state index contributed by atoms with van der Waals surface area (Å²) in [5.74, 6) is 0.142. The molecule has 0 bridgehead atoms. The molecule has 0 aliphatic rings. The molecule has 0 spiro atoms. The molecule has 3 heteroatoms. The summed E-state index contributed by atoms with van der Waals surface area (Å²) in [5, 5.41) is 0. The van der Waals surface area contributed by atoms with Crippen LogP contribution in [-0.4, -0.2) is 24.9 Å². The summed E-state index contributed by atoms with van der Waals surface area (Å²) in [6.45, 7) is 1.57. The Bertz CT molecular complexity index is 308. The molecule has 0 saturated carbocycles. The first-order valence-corrected chi connectivity index (χ1v) is 4.21. The maximum Gasteiger partial charge on any atom is 0.135 e. The Morgan fingerprint density at radius 2 is 2.23 bits per heavy atom. The minimum Gasteiger partial charge on any atom is -0.378 e. The molecule has 1 aromatic heterocycles. The predicted molar refractivity (Wildman–Crippen MR) is 52.9 cm³/mol. The number of Topliss-reactive ketones (excluding diaryl/α,β-unsaturated/α-hetero) is 1. The van der Waals surface area contributed by atoms with Gasteiger partial charge in [0.05, 0.1) is 0 Å². The maximum absolute atomic E-state index is 10.8. The number of aromatic nitrogens is 1. The van der Waals surface area contributed by atoms with E-state index in [0.717, 1.165) is 11.4 Å². The molecule has 3 nitrogen and oxygen atoms in total. The number of rotatable bonds is 3. The average Bonchev–Trinajstić information content (AvgIpc) is 2.03. The van der Waals surface area contributed by atoms with Crippen molar-refractivity contribution in [2.45, 2.75) is 13.3 Å². The number of ketones is 1. The first-order chi connectivity index (χ1) is 6.09. The van der Waals surface area contributed by atoms with Gasteiger partial charge in [0.2, 0.25) is 0 Å². The fourth-order valence-electron chi connectivity index (χ4n) is 1.10. The highest BCUT2D eigenvalue weighted by Gasteiger charge is 2.01. The van der Waals surface area contributed by atoms with Gasteiger partial charge in [-0.2, -0.15) is 0 Å². The molecule has 1 aromatic rings. The van der Waals surface area contributed by atoms with E-state index in [4.69, 9.17) is 0 Å². The van der Waals surface area contributed by atoms with Crippen LogP contribution in [0.15, 0.2) is 18.3 Å². The van der Waals surface area contributed by atoms with Crippen LogP contribution in [0.5, 0.6) is 0 Å². The second-order valence-corrected chi connectivity index (χ2v) is 3.28. The number of anilines is 1. The molecular formula is C10H14N2O. The molecule has 1 rings (SSSR count). The van der Waals surface area contributed by atoms with E-state index in [-0.39, 0.29) is 5.78 Å². The quantitative estimate of drug-likeness (QED) is 0.699. The third-order valence-electron chi connectivity index (χ3n) is 1.75. The number of hydrogen-bond donors (Lipinski definition) is 0. The van der Waals surface area contributed by atoms with Crippen molar-refractivity contribution < 1.29 is 4.79 Å². The normalized spacial score (nSPS) is 9.77. The molecule has 1 heterocycles. The van der Waals surface area contributed by atoms with E-state index in [1.54, 1.807) is 13.1 Å². The zero-order chi connectivity index (χ0) is 9.84. The molecule has 0 aliphatic carbocycles. The Labute approximate surface area is 78.4 Å². The highest BCUT2D eigenvalue weighted by atomic mass is 16.1. The number of pyridine rings is 1. The SMILES string of the molecule is CC(=O)Cc1cc(N(C)C)ccn1. The number of hydrogen-bond acceptors (Lipinski definition) is 3. The molecule has 0 atom stereocenters. The monoisotopic (exact) mass is 178 g/mol. The summed E-state index contributed by atoms with van der Waals surface area (Å²) in [6.07, 6.45) is 2.15. The van der Waals surface area contributed by atoms with Crippen LogP contribution in [0.4, 0.5) is 5.69 Å². The minimum absolute atomic E-state index is 0.142. The van der Waals surface area contributed by atoms with Crippen LogP contribution in [0.2, 0.25) is 0 Å².